The number of isocyanates is 2. The standard InChI is InChI=1S/C12H18N2O6/c1-19-11(17)9(13-7-15)5-3-4-6-10(14-8-16)12(18)20-2/h9-11,17H,3-6H2,1-2H3. The van der Waals surface area contributed by atoms with E-state index in [1.54, 1.807) is 0 Å². The maximum absolute atomic E-state index is 11.3. The molecule has 0 radical (unpaired) electrons. The van der Waals surface area contributed by atoms with Gasteiger partial charge in [0.25, 0.3) is 0 Å². The maximum Gasteiger partial charge on any atom is 0.331 e. The fourth-order valence-corrected chi connectivity index (χ4v) is 1.62. The Bertz CT molecular complexity index is 387. The third-order valence-electron chi connectivity index (χ3n) is 2.70. The second-order valence-corrected chi connectivity index (χ2v) is 3.96. The third-order valence-corrected chi connectivity index (χ3v) is 2.70. The van der Waals surface area contributed by atoms with Crippen molar-refractivity contribution in [3.8, 4) is 0 Å². The number of esters is 1. The van der Waals surface area contributed by atoms with E-state index in [0.29, 0.717) is 25.7 Å². The molecule has 8 heteroatoms. The van der Waals surface area contributed by atoms with Crippen molar-refractivity contribution in [2.45, 2.75) is 44.1 Å². The van der Waals surface area contributed by atoms with Crippen LogP contribution in [0.3, 0.4) is 0 Å². The molecule has 0 aliphatic heterocycles. The summed E-state index contributed by atoms with van der Waals surface area (Å²) in [6.07, 6.45) is 3.29. The number of carbonyl (C=O) groups excluding carboxylic acids is 3. The fourth-order valence-electron chi connectivity index (χ4n) is 1.62. The molecule has 0 bridgehead atoms. The lowest BCUT2D eigenvalue weighted by Crippen LogP contribution is -2.26. The molecule has 20 heavy (non-hydrogen) atoms. The molecular formula is C12H18N2O6. The fraction of sp³-hybridized carbons (Fsp3) is 0.750. The van der Waals surface area contributed by atoms with Gasteiger partial charge in [-0.3, -0.25) is 0 Å². The first kappa shape index (κ1) is 18.1. The Hall–Kier alpha value is -1.85. The first-order chi connectivity index (χ1) is 9.60. The molecule has 0 aliphatic rings. The molecule has 3 atom stereocenters. The van der Waals surface area contributed by atoms with Crippen molar-refractivity contribution in [3.05, 3.63) is 0 Å². The zero-order chi connectivity index (χ0) is 15.4. The van der Waals surface area contributed by atoms with Gasteiger partial charge in [0, 0.05) is 7.11 Å². The van der Waals surface area contributed by atoms with Crippen LogP contribution in [-0.4, -0.2) is 55.8 Å². The summed E-state index contributed by atoms with van der Waals surface area (Å²) in [5.74, 6) is -0.604. The average molecular weight is 286 g/mol. The molecule has 0 saturated heterocycles. The lowest BCUT2D eigenvalue weighted by Gasteiger charge is -2.16. The monoisotopic (exact) mass is 286 g/mol. The average Bonchev–Trinajstić information content (AvgIpc) is 2.47. The molecule has 0 aromatic carbocycles. The molecule has 0 aromatic rings. The summed E-state index contributed by atoms with van der Waals surface area (Å²) in [6.45, 7) is 0. The molecule has 112 valence electrons. The molecular weight excluding hydrogens is 268 g/mol. The van der Waals surface area contributed by atoms with Gasteiger partial charge in [-0.15, -0.1) is 0 Å². The molecule has 0 aliphatic carbocycles. The number of nitrogens with zero attached hydrogens (tertiary/aromatic N) is 2. The Labute approximate surface area is 116 Å². The lowest BCUT2D eigenvalue weighted by molar-refractivity contribution is -0.142. The number of methoxy groups -OCH3 is 2. The van der Waals surface area contributed by atoms with Crippen LogP contribution >= 0.6 is 0 Å². The molecule has 0 aromatic heterocycles. The normalized spacial score (nSPS) is 14.3. The van der Waals surface area contributed by atoms with Crippen LogP contribution in [-0.2, 0) is 23.9 Å². The van der Waals surface area contributed by atoms with Gasteiger partial charge in [-0.25, -0.2) is 14.4 Å². The van der Waals surface area contributed by atoms with Crippen molar-refractivity contribution in [2.24, 2.45) is 9.98 Å². The Balaban J connectivity index is 4.23. The highest BCUT2D eigenvalue weighted by Gasteiger charge is 2.20. The molecule has 0 heterocycles. The van der Waals surface area contributed by atoms with E-state index in [1.165, 1.54) is 26.4 Å². The van der Waals surface area contributed by atoms with Gasteiger partial charge >= 0.3 is 5.97 Å². The van der Waals surface area contributed by atoms with Gasteiger partial charge < -0.3 is 14.6 Å². The zero-order valence-corrected chi connectivity index (χ0v) is 11.4. The van der Waals surface area contributed by atoms with Crippen LogP contribution in [0.25, 0.3) is 0 Å². The van der Waals surface area contributed by atoms with Crippen LogP contribution < -0.4 is 0 Å². The van der Waals surface area contributed by atoms with Crippen molar-refractivity contribution < 1.29 is 29.0 Å². The van der Waals surface area contributed by atoms with Crippen LogP contribution in [0, 0.1) is 0 Å². The molecule has 0 rings (SSSR count). The molecule has 0 saturated carbocycles. The SMILES string of the molecule is COC(=O)C(CCCCC(N=C=O)C(O)OC)N=C=O. The van der Waals surface area contributed by atoms with E-state index in [1.807, 2.05) is 0 Å². The summed E-state index contributed by atoms with van der Waals surface area (Å²) in [5.41, 5.74) is 0. The summed E-state index contributed by atoms with van der Waals surface area (Å²) in [7, 11) is 2.50. The molecule has 8 nitrogen and oxygen atoms in total. The molecule has 0 fully saturated rings. The second kappa shape index (κ2) is 11.0. The van der Waals surface area contributed by atoms with E-state index in [2.05, 4.69) is 19.5 Å². The summed E-state index contributed by atoms with van der Waals surface area (Å²) >= 11 is 0. The highest BCUT2D eigenvalue weighted by atomic mass is 16.6. The van der Waals surface area contributed by atoms with E-state index < -0.39 is 24.3 Å². The van der Waals surface area contributed by atoms with Gasteiger partial charge in [-0.2, -0.15) is 9.98 Å². The smallest absolute Gasteiger partial charge is 0.331 e. The number of ether oxygens (including phenoxy) is 2. The van der Waals surface area contributed by atoms with E-state index >= 15 is 0 Å². The Kier molecular flexibility index (Phi) is 10.00. The number of rotatable bonds is 10. The minimum absolute atomic E-state index is 0.308. The number of aliphatic hydroxyl groups excluding tert-OH is 1. The van der Waals surface area contributed by atoms with E-state index in [-0.39, 0.29) is 0 Å². The lowest BCUT2D eigenvalue weighted by atomic mass is 10.1. The summed E-state index contributed by atoms with van der Waals surface area (Å²) in [6, 6.07) is -1.58. The van der Waals surface area contributed by atoms with Crippen LogP contribution in [0.15, 0.2) is 9.98 Å². The van der Waals surface area contributed by atoms with E-state index in [0.717, 1.165) is 0 Å². The number of aliphatic hydroxyl groups is 1. The van der Waals surface area contributed by atoms with Crippen LogP contribution in [0.2, 0.25) is 0 Å². The van der Waals surface area contributed by atoms with E-state index in [9.17, 15) is 19.5 Å². The first-order valence-corrected chi connectivity index (χ1v) is 6.03. The van der Waals surface area contributed by atoms with Gasteiger partial charge in [0.05, 0.1) is 7.11 Å². The third kappa shape index (κ3) is 6.92. The van der Waals surface area contributed by atoms with Gasteiger partial charge in [-0.1, -0.05) is 12.8 Å². The quantitative estimate of drug-likeness (QED) is 0.200. The van der Waals surface area contributed by atoms with Crippen molar-refractivity contribution in [1.29, 1.82) is 0 Å². The largest absolute Gasteiger partial charge is 0.467 e. The van der Waals surface area contributed by atoms with Crippen LogP contribution in [0.1, 0.15) is 25.7 Å². The number of aliphatic imine (C=N–C) groups is 2. The van der Waals surface area contributed by atoms with Crippen molar-refractivity contribution in [1.82, 2.24) is 0 Å². The van der Waals surface area contributed by atoms with Crippen LogP contribution in [0.4, 0.5) is 0 Å². The van der Waals surface area contributed by atoms with Gasteiger partial charge in [-0.05, 0) is 12.8 Å². The van der Waals surface area contributed by atoms with Crippen LogP contribution in [0.5, 0.6) is 0 Å². The number of hydrogen-bond acceptors (Lipinski definition) is 8. The van der Waals surface area contributed by atoms with Crippen molar-refractivity contribution in [2.75, 3.05) is 14.2 Å². The second-order valence-electron chi connectivity index (χ2n) is 3.96. The Morgan fingerprint density at radius 2 is 1.75 bits per heavy atom. The summed E-state index contributed by atoms with van der Waals surface area (Å²) in [5, 5.41) is 9.43. The maximum atomic E-state index is 11.3. The molecule has 1 N–H and O–H groups in total. The zero-order valence-electron chi connectivity index (χ0n) is 11.4. The minimum Gasteiger partial charge on any atom is -0.467 e. The number of hydrogen-bond donors (Lipinski definition) is 1. The highest BCUT2D eigenvalue weighted by Crippen LogP contribution is 2.13. The predicted octanol–water partition coefficient (Wildman–Crippen LogP) is 0.0934. The van der Waals surface area contributed by atoms with Crippen molar-refractivity contribution >= 4 is 18.1 Å². The van der Waals surface area contributed by atoms with Gasteiger partial charge in [0.2, 0.25) is 12.2 Å². The van der Waals surface area contributed by atoms with E-state index in [4.69, 9.17) is 0 Å². The number of unbranched alkanes of at least 4 members (excludes halogenated alkanes) is 1. The number of carbonyl (C=O) groups is 1. The molecule has 0 amide bonds. The summed E-state index contributed by atoms with van der Waals surface area (Å²) < 4.78 is 9.17. The van der Waals surface area contributed by atoms with Crippen molar-refractivity contribution in [3.63, 3.8) is 0 Å². The Morgan fingerprint density at radius 1 is 1.15 bits per heavy atom. The summed E-state index contributed by atoms with van der Waals surface area (Å²) in [4.78, 5) is 38.5. The Morgan fingerprint density at radius 3 is 2.25 bits per heavy atom. The minimum atomic E-state index is -1.18. The predicted molar refractivity (Wildman–Crippen MR) is 67.3 cm³/mol. The topological polar surface area (TPSA) is 115 Å². The highest BCUT2D eigenvalue weighted by molar-refractivity contribution is 5.76. The molecule has 0 spiro atoms. The first-order valence-electron chi connectivity index (χ1n) is 6.03. The van der Waals surface area contributed by atoms with Gasteiger partial charge in [0.15, 0.2) is 12.3 Å². The van der Waals surface area contributed by atoms with Gasteiger partial charge in [0.1, 0.15) is 6.04 Å². The molecule has 3 unspecified atom stereocenters.